The molecule has 0 aliphatic carbocycles. The highest BCUT2D eigenvalue weighted by Crippen LogP contribution is 2.33. The molecule has 1 aliphatic heterocycles. The zero-order chi connectivity index (χ0) is 13.1. The minimum atomic E-state index is -0.810. The lowest BCUT2D eigenvalue weighted by Gasteiger charge is -2.16. The van der Waals surface area contributed by atoms with Crippen LogP contribution in [0.4, 0.5) is 4.39 Å². The van der Waals surface area contributed by atoms with E-state index < -0.39 is 18.6 Å². The van der Waals surface area contributed by atoms with Crippen molar-refractivity contribution in [1.29, 1.82) is 0 Å². The molecule has 1 heterocycles. The Hall–Kier alpha value is -1.62. The van der Waals surface area contributed by atoms with Gasteiger partial charge in [-0.25, -0.2) is 4.39 Å². The largest absolute Gasteiger partial charge is 0.496 e. The van der Waals surface area contributed by atoms with Gasteiger partial charge in [-0.05, 0) is 18.1 Å². The molecule has 2 rings (SSSR count). The zero-order valence-electron chi connectivity index (χ0n) is 10.1. The van der Waals surface area contributed by atoms with Crippen molar-refractivity contribution in [2.75, 3.05) is 13.7 Å². The van der Waals surface area contributed by atoms with Crippen LogP contribution in [-0.4, -0.2) is 24.7 Å². The normalized spacial score (nSPS) is 23.0. The summed E-state index contributed by atoms with van der Waals surface area (Å²) < 4.78 is 18.2. The summed E-state index contributed by atoms with van der Waals surface area (Å²) in [5.74, 6) is -0.709. The quantitative estimate of drug-likeness (QED) is 0.860. The highest BCUT2D eigenvalue weighted by Gasteiger charge is 2.31. The van der Waals surface area contributed by atoms with Gasteiger partial charge in [0.15, 0.2) is 0 Å². The molecule has 1 fully saturated rings. The predicted octanol–water partition coefficient (Wildman–Crippen LogP) is 1.90. The third-order valence-corrected chi connectivity index (χ3v) is 3.38. The van der Waals surface area contributed by atoms with Crippen LogP contribution in [0, 0.1) is 5.92 Å². The van der Waals surface area contributed by atoms with E-state index in [1.165, 1.54) is 7.11 Å². The number of carbonyl (C=O) groups is 1. The SMILES string of the molecule is COc1cccc(C2CC(C(=O)O)CN2)c1CF. The second-order valence-electron chi connectivity index (χ2n) is 4.39. The summed E-state index contributed by atoms with van der Waals surface area (Å²) in [6.45, 7) is -0.196. The molecule has 5 heteroatoms. The van der Waals surface area contributed by atoms with Crippen LogP contribution in [0.15, 0.2) is 18.2 Å². The van der Waals surface area contributed by atoms with E-state index in [1.54, 1.807) is 12.1 Å². The van der Waals surface area contributed by atoms with Crippen molar-refractivity contribution >= 4 is 5.97 Å². The van der Waals surface area contributed by atoms with Gasteiger partial charge in [-0.3, -0.25) is 4.79 Å². The van der Waals surface area contributed by atoms with Crippen molar-refractivity contribution < 1.29 is 19.0 Å². The maximum Gasteiger partial charge on any atom is 0.307 e. The summed E-state index contributed by atoms with van der Waals surface area (Å²) in [7, 11) is 1.50. The minimum Gasteiger partial charge on any atom is -0.496 e. The van der Waals surface area contributed by atoms with Gasteiger partial charge in [0.2, 0.25) is 0 Å². The van der Waals surface area contributed by atoms with E-state index in [1.807, 2.05) is 6.07 Å². The summed E-state index contributed by atoms with van der Waals surface area (Å²) in [5, 5.41) is 12.1. The molecule has 1 aliphatic rings. The first-order chi connectivity index (χ1) is 8.67. The molecular weight excluding hydrogens is 237 g/mol. The molecule has 0 bridgehead atoms. The summed E-state index contributed by atoms with van der Waals surface area (Å²) in [5.41, 5.74) is 1.30. The molecule has 2 unspecified atom stereocenters. The Morgan fingerprint density at radius 1 is 1.61 bits per heavy atom. The van der Waals surface area contributed by atoms with Crippen molar-refractivity contribution in [2.45, 2.75) is 19.1 Å². The number of halogens is 1. The smallest absolute Gasteiger partial charge is 0.307 e. The van der Waals surface area contributed by atoms with Gasteiger partial charge in [-0.2, -0.15) is 0 Å². The van der Waals surface area contributed by atoms with E-state index in [0.29, 0.717) is 24.3 Å². The number of alkyl halides is 1. The fourth-order valence-corrected chi connectivity index (χ4v) is 2.40. The van der Waals surface area contributed by atoms with Gasteiger partial charge in [0.1, 0.15) is 12.4 Å². The number of nitrogens with one attached hydrogen (secondary N) is 1. The van der Waals surface area contributed by atoms with Gasteiger partial charge >= 0.3 is 5.97 Å². The third-order valence-electron chi connectivity index (χ3n) is 3.38. The van der Waals surface area contributed by atoms with E-state index in [2.05, 4.69) is 5.32 Å². The fraction of sp³-hybridized carbons (Fsp3) is 0.462. The Morgan fingerprint density at radius 3 is 2.94 bits per heavy atom. The molecule has 2 N–H and O–H groups in total. The molecular formula is C13H16FNO3. The van der Waals surface area contributed by atoms with Gasteiger partial charge in [0, 0.05) is 18.2 Å². The molecule has 2 atom stereocenters. The first-order valence-corrected chi connectivity index (χ1v) is 5.85. The van der Waals surface area contributed by atoms with Crippen LogP contribution in [-0.2, 0) is 11.5 Å². The lowest BCUT2D eigenvalue weighted by Crippen LogP contribution is -2.17. The van der Waals surface area contributed by atoms with Gasteiger partial charge < -0.3 is 15.2 Å². The molecule has 18 heavy (non-hydrogen) atoms. The molecule has 0 amide bonds. The lowest BCUT2D eigenvalue weighted by molar-refractivity contribution is -0.141. The highest BCUT2D eigenvalue weighted by atomic mass is 19.1. The number of carboxylic acids is 1. The molecule has 0 radical (unpaired) electrons. The second-order valence-corrected chi connectivity index (χ2v) is 4.39. The number of methoxy groups -OCH3 is 1. The average Bonchev–Trinajstić information content (AvgIpc) is 2.87. The van der Waals surface area contributed by atoms with E-state index in [0.717, 1.165) is 5.56 Å². The highest BCUT2D eigenvalue weighted by molar-refractivity contribution is 5.71. The van der Waals surface area contributed by atoms with Gasteiger partial charge in [0.05, 0.1) is 13.0 Å². The van der Waals surface area contributed by atoms with Crippen LogP contribution in [0.1, 0.15) is 23.6 Å². The van der Waals surface area contributed by atoms with Crippen LogP contribution in [0.3, 0.4) is 0 Å². The van der Waals surface area contributed by atoms with Crippen molar-refractivity contribution in [3.63, 3.8) is 0 Å². The fourth-order valence-electron chi connectivity index (χ4n) is 2.40. The minimum absolute atomic E-state index is 0.119. The molecule has 0 spiro atoms. The Morgan fingerprint density at radius 2 is 2.39 bits per heavy atom. The molecule has 0 saturated carbocycles. The zero-order valence-corrected chi connectivity index (χ0v) is 10.1. The van der Waals surface area contributed by atoms with Crippen molar-refractivity contribution in [2.24, 2.45) is 5.92 Å². The van der Waals surface area contributed by atoms with E-state index in [9.17, 15) is 9.18 Å². The Balaban J connectivity index is 2.26. The van der Waals surface area contributed by atoms with Crippen molar-refractivity contribution in [3.8, 4) is 5.75 Å². The number of benzene rings is 1. The van der Waals surface area contributed by atoms with E-state index in [-0.39, 0.29) is 6.04 Å². The van der Waals surface area contributed by atoms with Gasteiger partial charge in [-0.1, -0.05) is 12.1 Å². The van der Waals surface area contributed by atoms with Gasteiger partial charge in [-0.15, -0.1) is 0 Å². The van der Waals surface area contributed by atoms with E-state index in [4.69, 9.17) is 9.84 Å². The predicted molar refractivity (Wildman–Crippen MR) is 64.3 cm³/mol. The number of ether oxygens (including phenoxy) is 1. The first kappa shape index (κ1) is 12.8. The van der Waals surface area contributed by atoms with Crippen LogP contribution >= 0.6 is 0 Å². The van der Waals surface area contributed by atoms with Gasteiger partial charge in [0.25, 0.3) is 0 Å². The summed E-state index contributed by atoms with van der Waals surface area (Å²) >= 11 is 0. The standard InChI is InChI=1S/C13H16FNO3/c1-18-12-4-2-3-9(10(12)6-14)11-5-8(7-15-11)13(16)17/h2-4,8,11,15H,5-7H2,1H3,(H,16,17). The Bertz CT molecular complexity index is 450. The van der Waals surface area contributed by atoms with Crippen molar-refractivity contribution in [1.82, 2.24) is 5.32 Å². The summed E-state index contributed by atoms with van der Waals surface area (Å²) in [6, 6.07) is 5.21. The van der Waals surface area contributed by atoms with Crippen LogP contribution in [0.25, 0.3) is 0 Å². The summed E-state index contributed by atoms with van der Waals surface area (Å²) in [6.07, 6.45) is 0.482. The third kappa shape index (κ3) is 2.31. The molecule has 98 valence electrons. The maximum absolute atomic E-state index is 13.1. The lowest BCUT2D eigenvalue weighted by atomic mass is 9.96. The van der Waals surface area contributed by atoms with Crippen LogP contribution in [0.5, 0.6) is 5.75 Å². The number of hydrogen-bond donors (Lipinski definition) is 2. The first-order valence-electron chi connectivity index (χ1n) is 5.85. The molecule has 1 aromatic rings. The monoisotopic (exact) mass is 253 g/mol. The number of hydrogen-bond acceptors (Lipinski definition) is 3. The van der Waals surface area contributed by atoms with Crippen LogP contribution < -0.4 is 10.1 Å². The van der Waals surface area contributed by atoms with E-state index >= 15 is 0 Å². The topological polar surface area (TPSA) is 58.6 Å². The summed E-state index contributed by atoms with van der Waals surface area (Å²) in [4.78, 5) is 10.9. The Labute approximate surface area is 105 Å². The average molecular weight is 253 g/mol. The number of aliphatic carboxylic acids is 1. The molecule has 1 aromatic carbocycles. The molecule has 1 saturated heterocycles. The van der Waals surface area contributed by atoms with Crippen molar-refractivity contribution in [3.05, 3.63) is 29.3 Å². The molecule has 4 nitrogen and oxygen atoms in total. The number of carboxylic acid groups (broad SMARTS) is 1. The Kier molecular flexibility index (Phi) is 3.81. The van der Waals surface area contributed by atoms with Crippen LogP contribution in [0.2, 0.25) is 0 Å². The maximum atomic E-state index is 13.1. The second kappa shape index (κ2) is 5.35. The number of rotatable bonds is 4. The molecule has 0 aromatic heterocycles.